The Labute approximate surface area is 302 Å². The third-order valence-corrected chi connectivity index (χ3v) is 10.6. The Bertz CT molecular complexity index is 2560. The van der Waals surface area contributed by atoms with Crippen molar-refractivity contribution < 1.29 is 0 Å². The zero-order valence-corrected chi connectivity index (χ0v) is 28.7. The van der Waals surface area contributed by atoms with E-state index in [0.29, 0.717) is 0 Å². The Morgan fingerprint density at radius 1 is 0.255 bits per heavy atom. The maximum absolute atomic E-state index is 2.39. The molecule has 0 radical (unpaired) electrons. The molecule has 2 nitrogen and oxygen atoms in total. The van der Waals surface area contributed by atoms with Gasteiger partial charge in [-0.1, -0.05) is 127 Å². The molecule has 1 aromatic heterocycles. The molecule has 0 fully saturated rings. The molecule has 0 saturated carbocycles. The summed E-state index contributed by atoms with van der Waals surface area (Å²) in [5.74, 6) is 0. The van der Waals surface area contributed by atoms with Crippen molar-refractivity contribution in [1.29, 1.82) is 0 Å². The van der Waals surface area contributed by atoms with Gasteiger partial charge in [0, 0.05) is 54.3 Å². The predicted octanol–water partition coefficient (Wildman–Crippen LogP) is 14.3. The average Bonchev–Trinajstić information content (AvgIpc) is 3.58. The van der Waals surface area contributed by atoms with E-state index in [1.807, 2.05) is 11.3 Å². The van der Waals surface area contributed by atoms with Crippen molar-refractivity contribution in [2.45, 2.75) is 0 Å². The second-order valence-corrected chi connectivity index (χ2v) is 13.7. The number of hydrogen-bond donors (Lipinski definition) is 0. The van der Waals surface area contributed by atoms with Crippen molar-refractivity contribution in [2.24, 2.45) is 0 Å². The Balaban J connectivity index is 1.26. The standard InChI is InChI=1S/C48H34N2S/c1-5-15-35(16-6-1)37-25-27-41(28-26-37)49(39-19-9-3-10-20-39)43-31-38(36-17-7-2-8-18-36)32-44(33-43)50(40-21-11-4-12-22-40)42-29-30-48-46(34-42)45-23-13-14-24-47(45)51-48/h1-34H. The lowest BCUT2D eigenvalue weighted by atomic mass is 10.0. The quantitative estimate of drug-likeness (QED) is 0.159. The zero-order valence-electron chi connectivity index (χ0n) is 27.9. The summed E-state index contributed by atoms with van der Waals surface area (Å²) >= 11 is 1.85. The van der Waals surface area contributed by atoms with E-state index >= 15 is 0 Å². The minimum atomic E-state index is 1.08. The van der Waals surface area contributed by atoms with Gasteiger partial charge in [0.25, 0.3) is 0 Å². The first kappa shape index (κ1) is 30.6. The summed E-state index contributed by atoms with van der Waals surface area (Å²) in [6.07, 6.45) is 0. The fourth-order valence-corrected chi connectivity index (χ4v) is 8.07. The summed E-state index contributed by atoms with van der Waals surface area (Å²) in [7, 11) is 0. The van der Waals surface area contributed by atoms with E-state index in [2.05, 4.69) is 216 Å². The Morgan fingerprint density at radius 3 is 1.29 bits per heavy atom. The van der Waals surface area contributed by atoms with Crippen LogP contribution >= 0.6 is 11.3 Å². The second-order valence-electron chi connectivity index (χ2n) is 12.6. The molecule has 0 aliphatic rings. The molecule has 8 aromatic carbocycles. The van der Waals surface area contributed by atoms with Gasteiger partial charge in [-0.15, -0.1) is 11.3 Å². The van der Waals surface area contributed by atoms with Gasteiger partial charge >= 0.3 is 0 Å². The van der Waals surface area contributed by atoms with Gasteiger partial charge < -0.3 is 9.80 Å². The molecular formula is C48H34N2S. The Hall–Kier alpha value is -6.42. The molecular weight excluding hydrogens is 637 g/mol. The molecule has 0 aliphatic heterocycles. The zero-order chi connectivity index (χ0) is 34.0. The van der Waals surface area contributed by atoms with Crippen molar-refractivity contribution in [3.63, 3.8) is 0 Å². The first-order valence-corrected chi connectivity index (χ1v) is 18.1. The number of nitrogens with zero attached hydrogens (tertiary/aromatic N) is 2. The molecule has 51 heavy (non-hydrogen) atoms. The predicted molar refractivity (Wildman–Crippen MR) is 220 cm³/mol. The van der Waals surface area contributed by atoms with E-state index in [1.165, 1.54) is 36.9 Å². The van der Waals surface area contributed by atoms with Crippen molar-refractivity contribution in [3.8, 4) is 22.3 Å². The second kappa shape index (κ2) is 13.5. The Kier molecular flexibility index (Phi) is 8.09. The molecule has 0 bridgehead atoms. The molecule has 1 heterocycles. The van der Waals surface area contributed by atoms with Crippen LogP contribution in [0.15, 0.2) is 206 Å². The van der Waals surface area contributed by atoms with Gasteiger partial charge in [0.2, 0.25) is 0 Å². The van der Waals surface area contributed by atoms with E-state index in [9.17, 15) is 0 Å². The number of hydrogen-bond acceptors (Lipinski definition) is 3. The number of para-hydroxylation sites is 2. The average molecular weight is 671 g/mol. The third-order valence-electron chi connectivity index (χ3n) is 9.41. The van der Waals surface area contributed by atoms with Gasteiger partial charge in [-0.25, -0.2) is 0 Å². The van der Waals surface area contributed by atoms with Crippen LogP contribution in [0.2, 0.25) is 0 Å². The van der Waals surface area contributed by atoms with E-state index < -0.39 is 0 Å². The molecule has 0 saturated heterocycles. The lowest BCUT2D eigenvalue weighted by molar-refractivity contribution is 1.25. The highest BCUT2D eigenvalue weighted by molar-refractivity contribution is 7.25. The molecule has 0 amide bonds. The Morgan fingerprint density at radius 2 is 0.686 bits per heavy atom. The smallest absolute Gasteiger partial charge is 0.0488 e. The normalized spacial score (nSPS) is 11.1. The van der Waals surface area contributed by atoms with Crippen molar-refractivity contribution in [3.05, 3.63) is 206 Å². The number of thiophene rings is 1. The summed E-state index contributed by atoms with van der Waals surface area (Å²) < 4.78 is 2.60. The van der Waals surface area contributed by atoms with Crippen molar-refractivity contribution in [2.75, 3.05) is 9.80 Å². The van der Waals surface area contributed by atoms with Crippen LogP contribution < -0.4 is 9.80 Å². The number of rotatable bonds is 8. The van der Waals surface area contributed by atoms with Gasteiger partial charge in [-0.2, -0.15) is 0 Å². The van der Waals surface area contributed by atoms with Gasteiger partial charge in [0.05, 0.1) is 0 Å². The topological polar surface area (TPSA) is 6.48 Å². The fourth-order valence-electron chi connectivity index (χ4n) is 6.99. The van der Waals surface area contributed by atoms with E-state index in [-0.39, 0.29) is 0 Å². The molecule has 0 N–H and O–H groups in total. The monoisotopic (exact) mass is 670 g/mol. The SMILES string of the molecule is c1ccc(-c2ccc(N(c3ccccc3)c3cc(-c4ccccc4)cc(N(c4ccccc4)c4ccc5sc6ccccc6c5c4)c3)cc2)cc1. The molecule has 9 aromatic rings. The van der Waals surface area contributed by atoms with E-state index in [4.69, 9.17) is 0 Å². The fraction of sp³-hybridized carbons (Fsp3) is 0. The highest BCUT2D eigenvalue weighted by atomic mass is 32.1. The number of benzene rings is 8. The number of fused-ring (bicyclic) bond motifs is 3. The van der Waals surface area contributed by atoms with Crippen LogP contribution in [-0.4, -0.2) is 0 Å². The molecule has 0 aliphatic carbocycles. The number of anilines is 6. The minimum Gasteiger partial charge on any atom is -0.310 e. The van der Waals surface area contributed by atoms with Crippen LogP contribution in [0.3, 0.4) is 0 Å². The summed E-state index contributed by atoms with van der Waals surface area (Å²) in [5.41, 5.74) is 11.3. The lowest BCUT2D eigenvalue weighted by Crippen LogP contribution is -2.13. The first-order chi connectivity index (χ1) is 25.3. The summed E-state index contributed by atoms with van der Waals surface area (Å²) in [5, 5.41) is 2.57. The maximum atomic E-state index is 2.39. The van der Waals surface area contributed by atoms with Crippen LogP contribution in [0.25, 0.3) is 42.4 Å². The summed E-state index contributed by atoms with van der Waals surface area (Å²) in [4.78, 5) is 4.76. The van der Waals surface area contributed by atoms with Gasteiger partial charge in [0.15, 0.2) is 0 Å². The highest BCUT2D eigenvalue weighted by Crippen LogP contribution is 2.45. The molecule has 0 atom stereocenters. The lowest BCUT2D eigenvalue weighted by Gasteiger charge is -2.30. The summed E-state index contributed by atoms with van der Waals surface area (Å²) in [6, 6.07) is 74.1. The first-order valence-electron chi connectivity index (χ1n) is 17.3. The van der Waals surface area contributed by atoms with Crippen LogP contribution in [0.5, 0.6) is 0 Å². The van der Waals surface area contributed by atoms with Crippen LogP contribution in [0, 0.1) is 0 Å². The molecule has 9 rings (SSSR count). The van der Waals surface area contributed by atoms with E-state index in [0.717, 1.165) is 39.7 Å². The van der Waals surface area contributed by atoms with Gasteiger partial charge in [0.1, 0.15) is 0 Å². The van der Waals surface area contributed by atoms with E-state index in [1.54, 1.807) is 0 Å². The van der Waals surface area contributed by atoms with Crippen molar-refractivity contribution >= 4 is 65.6 Å². The van der Waals surface area contributed by atoms with Crippen molar-refractivity contribution in [1.82, 2.24) is 0 Å². The summed E-state index contributed by atoms with van der Waals surface area (Å²) in [6.45, 7) is 0. The molecule has 3 heteroatoms. The van der Waals surface area contributed by atoms with Crippen LogP contribution in [0.4, 0.5) is 34.1 Å². The maximum Gasteiger partial charge on any atom is 0.0488 e. The third kappa shape index (κ3) is 6.05. The largest absolute Gasteiger partial charge is 0.310 e. The highest BCUT2D eigenvalue weighted by Gasteiger charge is 2.20. The van der Waals surface area contributed by atoms with Crippen LogP contribution in [-0.2, 0) is 0 Å². The van der Waals surface area contributed by atoms with Gasteiger partial charge in [-0.05, 0) is 101 Å². The van der Waals surface area contributed by atoms with Crippen LogP contribution in [0.1, 0.15) is 0 Å². The van der Waals surface area contributed by atoms with Gasteiger partial charge in [-0.3, -0.25) is 0 Å². The minimum absolute atomic E-state index is 1.08. The molecule has 0 unspecified atom stereocenters. The molecule has 0 spiro atoms. The molecule has 242 valence electrons.